The molecule has 0 spiro atoms. The van der Waals surface area contributed by atoms with E-state index in [9.17, 15) is 5.11 Å². The van der Waals surface area contributed by atoms with Crippen LogP contribution in [0.3, 0.4) is 0 Å². The molecule has 0 saturated heterocycles. The summed E-state index contributed by atoms with van der Waals surface area (Å²) in [5.74, 6) is 0. The fourth-order valence-corrected chi connectivity index (χ4v) is 2.54. The van der Waals surface area contributed by atoms with Crippen molar-refractivity contribution in [1.29, 1.82) is 0 Å². The number of thiophene rings is 1. The van der Waals surface area contributed by atoms with Gasteiger partial charge in [0.1, 0.15) is 6.10 Å². The number of aliphatic hydroxyl groups excluding tert-OH is 1. The second-order valence-electron chi connectivity index (χ2n) is 3.79. The Labute approximate surface area is 98.5 Å². The van der Waals surface area contributed by atoms with Gasteiger partial charge in [-0.3, -0.25) is 0 Å². The van der Waals surface area contributed by atoms with Crippen LogP contribution < -0.4 is 0 Å². The molecule has 1 N–H and O–H groups in total. The van der Waals surface area contributed by atoms with E-state index in [1.54, 1.807) is 22.2 Å². The van der Waals surface area contributed by atoms with E-state index in [1.807, 2.05) is 17.7 Å². The summed E-state index contributed by atoms with van der Waals surface area (Å²) in [7, 11) is 0. The fraction of sp³-hybridized carbons (Fsp3) is 0.455. The third-order valence-electron chi connectivity index (χ3n) is 2.55. The summed E-state index contributed by atoms with van der Waals surface area (Å²) in [6.07, 6.45) is 2.00. The second-order valence-corrected chi connectivity index (χ2v) is 4.54. The molecular weight excluding hydrogens is 222 g/mol. The maximum Gasteiger partial charge on any atom is 0.123 e. The summed E-state index contributed by atoms with van der Waals surface area (Å²) >= 11 is 1.60. The molecule has 0 aliphatic heterocycles. The van der Waals surface area contributed by atoms with Crippen molar-refractivity contribution in [3.8, 4) is 0 Å². The smallest absolute Gasteiger partial charge is 0.123 e. The summed E-state index contributed by atoms with van der Waals surface area (Å²) in [5, 5.41) is 22.1. The molecule has 1 atom stereocenters. The largest absolute Gasteiger partial charge is 0.382 e. The van der Waals surface area contributed by atoms with Crippen LogP contribution in [0.4, 0.5) is 0 Å². The Morgan fingerprint density at radius 2 is 2.31 bits per heavy atom. The number of aromatic nitrogens is 3. The van der Waals surface area contributed by atoms with Crippen LogP contribution in [0, 0.1) is 6.92 Å². The normalized spacial score (nSPS) is 12.9. The van der Waals surface area contributed by atoms with Crippen molar-refractivity contribution in [3.05, 3.63) is 33.8 Å². The van der Waals surface area contributed by atoms with Gasteiger partial charge in [0.05, 0.1) is 11.9 Å². The quantitative estimate of drug-likeness (QED) is 0.886. The molecule has 2 heterocycles. The number of hydrogen-bond acceptors (Lipinski definition) is 4. The third kappa shape index (κ3) is 2.01. The molecule has 86 valence electrons. The lowest BCUT2D eigenvalue weighted by Crippen LogP contribution is -2.10. The summed E-state index contributed by atoms with van der Waals surface area (Å²) in [6, 6.07) is 0. The minimum atomic E-state index is -0.618. The molecule has 4 nitrogen and oxygen atoms in total. The van der Waals surface area contributed by atoms with Crippen molar-refractivity contribution in [2.75, 3.05) is 0 Å². The zero-order chi connectivity index (χ0) is 11.5. The zero-order valence-corrected chi connectivity index (χ0v) is 10.2. The van der Waals surface area contributed by atoms with Gasteiger partial charge in [0.25, 0.3) is 0 Å². The highest BCUT2D eigenvalue weighted by atomic mass is 32.1. The maximum absolute atomic E-state index is 10.3. The predicted molar refractivity (Wildman–Crippen MR) is 63.4 cm³/mol. The van der Waals surface area contributed by atoms with Gasteiger partial charge >= 0.3 is 0 Å². The average molecular weight is 237 g/mol. The van der Waals surface area contributed by atoms with E-state index in [0.29, 0.717) is 0 Å². The third-order valence-corrected chi connectivity index (χ3v) is 3.43. The van der Waals surface area contributed by atoms with E-state index < -0.39 is 6.10 Å². The highest BCUT2D eigenvalue weighted by molar-refractivity contribution is 7.08. The van der Waals surface area contributed by atoms with Gasteiger partial charge in [-0.2, -0.15) is 11.3 Å². The first-order valence-electron chi connectivity index (χ1n) is 5.33. The Balaban J connectivity index is 2.30. The summed E-state index contributed by atoms with van der Waals surface area (Å²) < 4.78 is 1.77. The lowest BCUT2D eigenvalue weighted by atomic mass is 10.1. The summed E-state index contributed by atoms with van der Waals surface area (Å²) in [6.45, 7) is 4.87. The van der Waals surface area contributed by atoms with Gasteiger partial charge in [-0.05, 0) is 29.7 Å². The number of nitrogens with zero attached hydrogens (tertiary/aromatic N) is 3. The molecule has 16 heavy (non-hydrogen) atoms. The summed E-state index contributed by atoms with van der Waals surface area (Å²) in [4.78, 5) is 0. The van der Waals surface area contributed by atoms with Crippen molar-refractivity contribution < 1.29 is 5.11 Å². The molecule has 0 amide bonds. The monoisotopic (exact) mass is 237 g/mol. The molecule has 0 radical (unpaired) electrons. The predicted octanol–water partition coefficient (Wildman–Crippen LogP) is 2.14. The van der Waals surface area contributed by atoms with Crippen LogP contribution in [0.5, 0.6) is 0 Å². The van der Waals surface area contributed by atoms with Crippen LogP contribution in [0.2, 0.25) is 0 Å². The van der Waals surface area contributed by atoms with Crippen LogP contribution in [0.25, 0.3) is 0 Å². The maximum atomic E-state index is 10.3. The van der Waals surface area contributed by atoms with Gasteiger partial charge < -0.3 is 5.11 Å². The van der Waals surface area contributed by atoms with E-state index in [2.05, 4.69) is 17.2 Å². The van der Waals surface area contributed by atoms with E-state index in [0.717, 1.165) is 29.8 Å². The van der Waals surface area contributed by atoms with Crippen molar-refractivity contribution in [2.45, 2.75) is 32.9 Å². The van der Waals surface area contributed by atoms with Crippen molar-refractivity contribution in [2.24, 2.45) is 0 Å². The molecular formula is C11H15N3OS. The lowest BCUT2D eigenvalue weighted by Gasteiger charge is -2.11. The molecule has 5 heteroatoms. The Bertz CT molecular complexity index is 463. The zero-order valence-electron chi connectivity index (χ0n) is 9.42. The molecule has 2 aromatic heterocycles. The number of hydrogen-bond donors (Lipinski definition) is 1. The van der Waals surface area contributed by atoms with E-state index in [1.165, 1.54) is 0 Å². The summed E-state index contributed by atoms with van der Waals surface area (Å²) in [5.41, 5.74) is 2.83. The van der Waals surface area contributed by atoms with Gasteiger partial charge in [0.2, 0.25) is 0 Å². The fourth-order valence-electron chi connectivity index (χ4n) is 1.67. The SMILES string of the molecule is CCCn1nncc1C(O)c1cscc1C. The van der Waals surface area contributed by atoms with E-state index >= 15 is 0 Å². The lowest BCUT2D eigenvalue weighted by molar-refractivity contribution is 0.207. The highest BCUT2D eigenvalue weighted by Crippen LogP contribution is 2.26. The Hall–Kier alpha value is -1.20. The molecule has 0 fully saturated rings. The van der Waals surface area contributed by atoms with Crippen molar-refractivity contribution in [3.63, 3.8) is 0 Å². The van der Waals surface area contributed by atoms with Crippen LogP contribution in [-0.4, -0.2) is 20.1 Å². The number of aliphatic hydroxyl groups is 1. The molecule has 0 aliphatic carbocycles. The Morgan fingerprint density at radius 1 is 1.50 bits per heavy atom. The molecule has 1 unspecified atom stereocenters. The van der Waals surface area contributed by atoms with Crippen LogP contribution >= 0.6 is 11.3 Å². The molecule has 0 aromatic carbocycles. The average Bonchev–Trinajstić information content (AvgIpc) is 2.87. The minimum absolute atomic E-state index is 0.618. The minimum Gasteiger partial charge on any atom is -0.382 e. The molecule has 0 bridgehead atoms. The van der Waals surface area contributed by atoms with Crippen molar-refractivity contribution >= 4 is 11.3 Å². The first kappa shape index (κ1) is 11.3. The number of rotatable bonds is 4. The highest BCUT2D eigenvalue weighted by Gasteiger charge is 2.18. The second kappa shape index (κ2) is 4.76. The van der Waals surface area contributed by atoms with Gasteiger partial charge in [-0.1, -0.05) is 12.1 Å². The number of aryl methyl sites for hydroxylation is 2. The van der Waals surface area contributed by atoms with Gasteiger partial charge in [0.15, 0.2) is 0 Å². The first-order valence-corrected chi connectivity index (χ1v) is 6.27. The van der Waals surface area contributed by atoms with Gasteiger partial charge in [-0.15, -0.1) is 5.10 Å². The molecule has 2 aromatic rings. The van der Waals surface area contributed by atoms with E-state index in [4.69, 9.17) is 0 Å². The Morgan fingerprint density at radius 3 is 2.94 bits per heavy atom. The molecule has 0 aliphatic rings. The van der Waals surface area contributed by atoms with Gasteiger partial charge in [0, 0.05) is 12.1 Å². The first-order chi connectivity index (χ1) is 7.74. The molecule has 2 rings (SSSR count). The van der Waals surface area contributed by atoms with Gasteiger partial charge in [-0.25, -0.2) is 4.68 Å². The van der Waals surface area contributed by atoms with Crippen LogP contribution in [0.15, 0.2) is 17.0 Å². The standard InChI is InChI=1S/C11H15N3OS/c1-3-4-14-10(5-12-13-14)11(15)9-7-16-6-8(9)2/h5-7,11,15H,3-4H2,1-2H3. The van der Waals surface area contributed by atoms with Crippen molar-refractivity contribution in [1.82, 2.24) is 15.0 Å². The topological polar surface area (TPSA) is 50.9 Å². The Kier molecular flexibility index (Phi) is 3.36. The molecule has 0 saturated carbocycles. The van der Waals surface area contributed by atoms with Crippen LogP contribution in [0.1, 0.15) is 36.3 Å². The van der Waals surface area contributed by atoms with E-state index in [-0.39, 0.29) is 0 Å². The van der Waals surface area contributed by atoms with Crippen LogP contribution in [-0.2, 0) is 6.54 Å².